The highest BCUT2D eigenvalue weighted by molar-refractivity contribution is 6.30. The average Bonchev–Trinajstić information content (AvgIpc) is 3.16. The van der Waals surface area contributed by atoms with Crippen LogP contribution in [0, 0.1) is 11.6 Å². The second-order valence-electron chi connectivity index (χ2n) is 12.5. The quantitative estimate of drug-likeness (QED) is 0.177. The molecule has 286 valence electrons. The molecule has 14 heteroatoms. The molecular weight excluding hydrogens is 753 g/mol. The fourth-order valence-electron chi connectivity index (χ4n) is 6.46. The average molecular weight is 792 g/mol. The second-order valence-corrected chi connectivity index (χ2v) is 13.4. The van der Waals surface area contributed by atoms with Crippen molar-refractivity contribution in [2.45, 2.75) is 25.9 Å². The van der Waals surface area contributed by atoms with Crippen LogP contribution < -0.4 is 9.47 Å². The molecule has 0 fully saturated rings. The van der Waals surface area contributed by atoms with Gasteiger partial charge in [-0.1, -0.05) is 35.3 Å². The number of allylic oxidation sites excluding steroid dienone is 2. The van der Waals surface area contributed by atoms with Crippen molar-refractivity contribution in [2.24, 2.45) is 9.98 Å². The number of amidine groups is 2. The van der Waals surface area contributed by atoms with Crippen molar-refractivity contribution in [3.63, 3.8) is 0 Å². The largest absolute Gasteiger partial charge is 0.497 e. The van der Waals surface area contributed by atoms with E-state index in [1.807, 2.05) is 36.4 Å². The minimum Gasteiger partial charge on any atom is -0.497 e. The molecule has 0 bridgehead atoms. The molecule has 2 aliphatic rings. The number of ether oxygens (including phenoxy) is 3. The van der Waals surface area contributed by atoms with Gasteiger partial charge in [-0.2, -0.15) is 0 Å². The Bertz CT molecular complexity index is 2240. The Hall–Kier alpha value is -5.72. The van der Waals surface area contributed by atoms with Gasteiger partial charge in [0, 0.05) is 46.4 Å². The molecule has 0 amide bonds. The summed E-state index contributed by atoms with van der Waals surface area (Å²) in [5, 5.41) is 10.2. The number of likely N-dealkylation sites (N-methyl/N-ethyl adjacent to an activating group) is 2. The van der Waals surface area contributed by atoms with Crippen LogP contribution in [0.1, 0.15) is 48.2 Å². The van der Waals surface area contributed by atoms with Gasteiger partial charge in [0.05, 0.1) is 56.0 Å². The van der Waals surface area contributed by atoms with Gasteiger partial charge >= 0.3 is 11.9 Å². The first kappa shape index (κ1) is 40.5. The van der Waals surface area contributed by atoms with E-state index < -0.39 is 35.7 Å². The molecule has 1 N–H and O–H groups in total. The number of esters is 1. The maximum Gasteiger partial charge on any atom is 0.338 e. The lowest BCUT2D eigenvalue weighted by atomic mass is 9.93. The molecular formula is C41H38Cl2F2N4O6. The maximum atomic E-state index is 14.8. The molecule has 2 unspecified atom stereocenters. The Kier molecular flexibility index (Phi) is 12.6. The summed E-state index contributed by atoms with van der Waals surface area (Å²) < 4.78 is 44.7. The zero-order valence-corrected chi connectivity index (χ0v) is 32.5. The lowest BCUT2D eigenvalue weighted by molar-refractivity contribution is -0.137. The number of carboxylic acid groups (broad SMARTS) is 1. The van der Waals surface area contributed by atoms with E-state index in [4.69, 9.17) is 37.4 Å². The van der Waals surface area contributed by atoms with Gasteiger partial charge in [0.1, 0.15) is 34.8 Å². The number of carbonyl (C=O) groups is 2. The molecule has 2 aliphatic heterocycles. The number of carboxylic acids is 1. The molecule has 0 spiro atoms. The predicted molar refractivity (Wildman–Crippen MR) is 208 cm³/mol. The minimum atomic E-state index is -1.14. The summed E-state index contributed by atoms with van der Waals surface area (Å²) in [4.78, 5) is 36.8. The van der Waals surface area contributed by atoms with Crippen LogP contribution >= 0.6 is 23.2 Å². The molecule has 4 aromatic rings. The molecule has 0 saturated heterocycles. The van der Waals surface area contributed by atoms with Crippen LogP contribution in [0.25, 0.3) is 0 Å². The van der Waals surface area contributed by atoms with E-state index >= 15 is 0 Å². The molecule has 0 aromatic heterocycles. The van der Waals surface area contributed by atoms with Crippen molar-refractivity contribution in [1.82, 2.24) is 9.80 Å². The van der Waals surface area contributed by atoms with Crippen molar-refractivity contribution >= 4 is 46.8 Å². The van der Waals surface area contributed by atoms with Crippen LogP contribution in [0.4, 0.5) is 8.78 Å². The zero-order chi connectivity index (χ0) is 40.1. The first-order chi connectivity index (χ1) is 26.2. The van der Waals surface area contributed by atoms with Crippen molar-refractivity contribution in [3.05, 3.63) is 151 Å². The number of aliphatic carboxylic acids is 1. The molecule has 55 heavy (non-hydrogen) atoms. The van der Waals surface area contributed by atoms with Gasteiger partial charge in [0.25, 0.3) is 0 Å². The predicted octanol–water partition coefficient (Wildman–Crippen LogP) is 8.65. The van der Waals surface area contributed by atoms with Gasteiger partial charge in [-0.3, -0.25) is 0 Å². The van der Waals surface area contributed by atoms with E-state index in [1.54, 1.807) is 82.3 Å². The third-order valence-corrected chi connectivity index (χ3v) is 9.63. The second kappa shape index (κ2) is 17.2. The van der Waals surface area contributed by atoms with Crippen LogP contribution in [0.2, 0.25) is 10.0 Å². The third kappa shape index (κ3) is 8.50. The molecule has 2 heterocycles. The van der Waals surface area contributed by atoms with E-state index in [-0.39, 0.29) is 26.8 Å². The lowest BCUT2D eigenvalue weighted by Gasteiger charge is -2.36. The molecule has 0 aliphatic carbocycles. The van der Waals surface area contributed by atoms with E-state index in [0.717, 1.165) is 11.1 Å². The summed E-state index contributed by atoms with van der Waals surface area (Å²) in [6, 6.07) is 21.7. The van der Waals surface area contributed by atoms with Gasteiger partial charge in [0.2, 0.25) is 0 Å². The van der Waals surface area contributed by atoms with E-state index in [1.165, 1.54) is 25.3 Å². The number of methoxy groups -OCH3 is 3. The molecule has 4 aromatic carbocycles. The van der Waals surface area contributed by atoms with Gasteiger partial charge in [-0.15, -0.1) is 0 Å². The summed E-state index contributed by atoms with van der Waals surface area (Å²) >= 11 is 11.8. The van der Waals surface area contributed by atoms with Crippen LogP contribution in [-0.4, -0.2) is 73.9 Å². The van der Waals surface area contributed by atoms with Crippen molar-refractivity contribution < 1.29 is 37.7 Å². The third-order valence-electron chi connectivity index (χ3n) is 9.16. The van der Waals surface area contributed by atoms with Crippen LogP contribution in [-0.2, 0) is 14.3 Å². The van der Waals surface area contributed by atoms with Gasteiger partial charge in [-0.05, 0) is 86.6 Å². The topological polar surface area (TPSA) is 113 Å². The van der Waals surface area contributed by atoms with E-state index in [2.05, 4.69) is 9.98 Å². The first-order valence-electron chi connectivity index (χ1n) is 16.8. The number of nitrogens with zero attached hydrogens (tertiary/aromatic N) is 4. The minimum absolute atomic E-state index is 0.0241. The normalized spacial score (nSPS) is 16.9. The SMILES string of the molecule is COC(=O)C1=C(C)N=C(c2ccc(OC)cc2)N(C)C1c1ccc(Cl)cc1F.COc1ccc(C2=NC(C)=C(C(=O)O)C(c3ccc(Cl)cc3F)N2C)cc1. The monoisotopic (exact) mass is 790 g/mol. The number of hydrogen-bond donors (Lipinski definition) is 1. The van der Waals surface area contributed by atoms with Crippen LogP contribution in [0.5, 0.6) is 11.5 Å². The smallest absolute Gasteiger partial charge is 0.338 e. The van der Waals surface area contributed by atoms with Gasteiger partial charge < -0.3 is 29.1 Å². The summed E-state index contributed by atoms with van der Waals surface area (Å²) in [5.74, 6) is -0.220. The van der Waals surface area contributed by atoms with Crippen molar-refractivity contribution in [3.8, 4) is 11.5 Å². The number of rotatable bonds is 8. The highest BCUT2D eigenvalue weighted by Crippen LogP contribution is 2.39. The van der Waals surface area contributed by atoms with Crippen molar-refractivity contribution in [2.75, 3.05) is 35.4 Å². The molecule has 0 saturated carbocycles. The number of benzene rings is 4. The fourth-order valence-corrected chi connectivity index (χ4v) is 6.77. The summed E-state index contributed by atoms with van der Waals surface area (Å²) in [5.41, 5.74) is 3.21. The van der Waals surface area contributed by atoms with Crippen LogP contribution in [0.3, 0.4) is 0 Å². The Morgan fingerprint density at radius 1 is 0.655 bits per heavy atom. The number of carbonyl (C=O) groups excluding carboxylic acids is 1. The molecule has 0 radical (unpaired) electrons. The Labute approximate surface area is 327 Å². The number of halogens is 4. The van der Waals surface area contributed by atoms with E-state index in [9.17, 15) is 23.5 Å². The standard InChI is InChI=1S/C21H20ClFN2O3.C20H18ClFN2O3/c1-12-18(21(26)28-4)19(16-10-7-14(22)11-17(16)23)25(2)20(24-12)13-5-8-15(27-3)9-6-13;1-11-17(20(25)26)18(15-9-6-13(21)10-16(15)22)24(2)19(23-11)12-4-7-14(27-3)8-5-12/h5-11,19H,1-4H3;4-10,18H,1-3H3,(H,25,26). The summed E-state index contributed by atoms with van der Waals surface area (Å²) in [6.45, 7) is 3.32. The highest BCUT2D eigenvalue weighted by atomic mass is 35.5. The van der Waals surface area contributed by atoms with E-state index in [0.29, 0.717) is 40.1 Å². The van der Waals surface area contributed by atoms with Crippen molar-refractivity contribution in [1.29, 1.82) is 0 Å². The molecule has 10 nitrogen and oxygen atoms in total. The number of aliphatic imine (C=N–C) groups is 2. The summed E-state index contributed by atoms with van der Waals surface area (Å²) in [7, 11) is 7.91. The Morgan fingerprint density at radius 3 is 1.38 bits per heavy atom. The Balaban J connectivity index is 0.000000211. The van der Waals surface area contributed by atoms with Crippen LogP contribution in [0.15, 0.2) is 117 Å². The van der Waals surface area contributed by atoms with Gasteiger partial charge in [-0.25, -0.2) is 28.4 Å². The molecule has 2 atom stereocenters. The molecule has 6 rings (SSSR count). The zero-order valence-electron chi connectivity index (χ0n) is 31.0. The number of hydrogen-bond acceptors (Lipinski definition) is 9. The van der Waals surface area contributed by atoms with Gasteiger partial charge in [0.15, 0.2) is 0 Å². The lowest BCUT2D eigenvalue weighted by Crippen LogP contribution is -2.38. The highest BCUT2D eigenvalue weighted by Gasteiger charge is 2.37. The first-order valence-corrected chi connectivity index (χ1v) is 17.5. The maximum absolute atomic E-state index is 14.8. The summed E-state index contributed by atoms with van der Waals surface area (Å²) in [6.07, 6.45) is 0. The Morgan fingerprint density at radius 2 is 1.04 bits per heavy atom. The fraction of sp³-hybridized carbons (Fsp3) is 0.220.